The van der Waals surface area contributed by atoms with Crippen LogP contribution in [0.2, 0.25) is 0 Å². The Balaban J connectivity index is 0.000000204. The largest absolute Gasteiger partial charge is 0.493 e. The van der Waals surface area contributed by atoms with Crippen LogP contribution >= 0.6 is 0 Å². The van der Waals surface area contributed by atoms with Crippen LogP contribution in [0.25, 0.3) is 133 Å². The molecule has 4 aromatic heterocycles. The first kappa shape index (κ1) is 75.8. The van der Waals surface area contributed by atoms with Crippen LogP contribution in [-0.4, -0.2) is 19.1 Å². The van der Waals surface area contributed by atoms with E-state index in [9.17, 15) is 13.7 Å². The van der Waals surface area contributed by atoms with Gasteiger partial charge in [-0.1, -0.05) is 348 Å². The number of pyridine rings is 2. The number of aromatic nitrogens is 4. The molecule has 10 heteroatoms. The smallest absolute Gasteiger partial charge is 0.135 e. The summed E-state index contributed by atoms with van der Waals surface area (Å²) in [7, 11) is 0. The Morgan fingerprint density at radius 1 is 0.273 bits per heavy atom. The zero-order chi connectivity index (χ0) is 125. The molecule has 6 heterocycles. The van der Waals surface area contributed by atoms with Crippen molar-refractivity contribution in [2.45, 2.75) is 172 Å². The van der Waals surface area contributed by atoms with E-state index in [-0.39, 0.29) is 131 Å². The second-order valence-corrected chi connectivity index (χ2v) is 43.0. The normalized spacial score (nSPS) is 15.1. The van der Waals surface area contributed by atoms with Gasteiger partial charge in [0.15, 0.2) is 0 Å². The molecular weight excluding hydrogens is 2180 g/mol. The van der Waals surface area contributed by atoms with Crippen molar-refractivity contribution in [3.05, 3.63) is 491 Å². The van der Waals surface area contributed by atoms with E-state index in [1.807, 2.05) is 133 Å². The average Bonchev–Trinajstić information content (AvgIpc) is 1.56. The maximum Gasteiger partial charge on any atom is 0.135 e. The van der Waals surface area contributed by atoms with Crippen LogP contribution < -0.4 is 19.6 Å². The summed E-state index contributed by atoms with van der Waals surface area (Å²) in [6.45, 7) is 47.0. The average molecular weight is 2340 g/mol. The monoisotopic (exact) mass is 2330 g/mol. The molecule has 150 heavy (non-hydrogen) atoms. The molecule has 752 valence electrons. The number of hydrogen-bond acceptors (Lipinski definition) is 6. The van der Waals surface area contributed by atoms with Crippen molar-refractivity contribution < 1.29 is 76.4 Å². The molecule has 21 aromatic rings. The van der Waals surface area contributed by atoms with Gasteiger partial charge in [0.05, 0.1) is 34.3 Å². The predicted octanol–water partition coefficient (Wildman–Crippen LogP) is 37.1. The molecule has 0 N–H and O–H groups in total. The second kappa shape index (κ2) is 40.3. The number of aryl methyl sites for hydroxylation is 6. The van der Waals surface area contributed by atoms with E-state index in [0.29, 0.717) is 39.7 Å². The van der Waals surface area contributed by atoms with Crippen molar-refractivity contribution in [2.24, 2.45) is 0 Å². The first-order valence-corrected chi connectivity index (χ1v) is 49.9. The van der Waals surface area contributed by atoms with Crippen LogP contribution in [0.1, 0.15) is 208 Å². The van der Waals surface area contributed by atoms with Crippen molar-refractivity contribution in [1.29, 1.82) is 0 Å². The van der Waals surface area contributed by atoms with Gasteiger partial charge in [-0.05, 0) is 261 Å². The standard InChI is InChI=1S/C72H63N4.C68H63N4.2Pt/c1-46-38-47(2)66(48(3)39-46)54-40-57(72(9,10)56-34-35-60-59-30-20-21-31-61(59)76(64(60)43-56)65-44-55(36-37-73-65)71(6,7)8)42-58(41-54)74-45-75(63-33-23-22-32-62(63)74)70-68(52-26-16-12-17-27-52)49(4)67(51-24-14-11-15-25-51)50(5)69(70)53-28-18-13-19-29-53;1-44-34-45(2)64(46(3)35-44)49-36-53(68(10,11)51-30-31-56-55-26-18-19-27-59(55)72(62(56)41-51)63-42-50(32-33-69-63)66(4,5)6)38-54(37-49)70-43-71(61-29-21-20-28-60(61)70)65-57(47-22-14-12-15-23-47)39-52(67(7,8)9)40-58(65)48-24-16-13-17-25-48;;/h11-41,44-45H,1-10H3;12-37,39-40,42-43H,1-11H3;;/q2*-3;;/i11D,12D,13D,14D,15D,16D,17D,18D,19D,24D,25D,26D,27D,28D,29D;12D,13D,14D,15D,16D,17D,22D,23D,24D,25D;;. The number of para-hydroxylation sites is 6. The molecule has 0 saturated carbocycles. The first-order chi connectivity index (χ1) is 81.5. The van der Waals surface area contributed by atoms with Gasteiger partial charge in [-0.3, -0.25) is 0 Å². The van der Waals surface area contributed by atoms with Gasteiger partial charge in [-0.25, -0.2) is 9.97 Å². The Labute approximate surface area is 951 Å². The summed E-state index contributed by atoms with van der Waals surface area (Å²) in [5.41, 5.74) is 21.1. The number of anilines is 8. The van der Waals surface area contributed by atoms with Gasteiger partial charge in [-0.15, -0.1) is 58.7 Å². The molecule has 0 unspecified atom stereocenters. The molecule has 0 atom stereocenters. The predicted molar refractivity (Wildman–Crippen MR) is 625 cm³/mol. The van der Waals surface area contributed by atoms with Gasteiger partial charge in [0.2, 0.25) is 0 Å². The van der Waals surface area contributed by atoms with Gasteiger partial charge in [0, 0.05) is 122 Å². The second-order valence-electron chi connectivity index (χ2n) is 43.0. The van der Waals surface area contributed by atoms with E-state index in [1.165, 1.54) is 0 Å². The Kier molecular flexibility index (Phi) is 20.4. The van der Waals surface area contributed by atoms with Crippen molar-refractivity contribution in [2.75, 3.05) is 19.6 Å². The van der Waals surface area contributed by atoms with E-state index >= 15 is 0 Å². The van der Waals surface area contributed by atoms with E-state index in [4.69, 9.17) is 30.5 Å². The molecule has 8 nitrogen and oxygen atoms in total. The molecule has 0 bridgehead atoms. The Bertz CT molecular complexity index is 10100. The summed E-state index contributed by atoms with van der Waals surface area (Å²) in [6, 6.07) is 70.1. The van der Waals surface area contributed by atoms with Crippen LogP contribution in [0.15, 0.2) is 370 Å². The maximum absolute atomic E-state index is 9.65. The van der Waals surface area contributed by atoms with Crippen molar-refractivity contribution in [3.8, 4) is 89.5 Å². The third kappa shape index (κ3) is 18.7. The molecule has 2 aliphatic heterocycles. The summed E-state index contributed by atoms with van der Waals surface area (Å²) in [6.07, 6.45) is 3.73. The molecule has 23 rings (SSSR count). The first-order valence-electron chi connectivity index (χ1n) is 62.4. The number of fused-ring (bicyclic) bond motifs is 8. The van der Waals surface area contributed by atoms with Crippen molar-refractivity contribution in [3.63, 3.8) is 0 Å². The molecule has 0 radical (unpaired) electrons. The minimum atomic E-state index is -0.831. The summed E-state index contributed by atoms with van der Waals surface area (Å²) < 4.78 is 232. The Hall–Kier alpha value is -14.8. The minimum absolute atomic E-state index is 0. The minimum Gasteiger partial charge on any atom is -0.493 e. The fourth-order valence-electron chi connectivity index (χ4n) is 21.7. The topological polar surface area (TPSA) is 48.6 Å². The molecule has 0 aliphatic carbocycles. The third-order valence-electron chi connectivity index (χ3n) is 29.2. The van der Waals surface area contributed by atoms with Gasteiger partial charge >= 0.3 is 0 Å². The number of nitrogens with zero attached hydrogens (tertiary/aromatic N) is 8. The van der Waals surface area contributed by atoms with Crippen LogP contribution in [-0.2, 0) is 69.2 Å². The SMILES string of the molecule is [2H]c1c([2H])c([2H])c(-c2c(C)c(-c3c([2H])c([2H])c([2H])c([2H])c3[2H])c(N3[CH-]N(c4[c-]c(C(C)(C)c5[c-]c6c(cc5)c5ccccc5n6-c5cc(C(C)(C)C)ccn5)cc(-c5c(C)cc(C)cc5C)c4)c4ccccc43)c(-c3c([2H])c([2H])c([2H])c([2H])c3[2H])c2C)c([2H])c1[2H].[2H]c1c([2H])c([2H])c(-c2cc(C(C)(C)C)cc(-c3c([2H])c([2H])c([2H])c([2H])c3[2H])c2N2[CH-]N(c3[c-]c(C(C)(C)c4[c-]c5c(cc4)c4ccccc4n5-c4cc(C(C)(C)C)ccn4)cc(-c4c(C)cc(C)cc4C)c3)c3ccccc32)c([2H])c1[2H].[Pt].[Pt]. The van der Waals surface area contributed by atoms with Crippen molar-refractivity contribution in [1.82, 2.24) is 19.1 Å². The number of hydrogen-bond donors (Lipinski definition) is 0. The van der Waals surface area contributed by atoms with Gasteiger partial charge in [0.25, 0.3) is 0 Å². The van der Waals surface area contributed by atoms with Gasteiger partial charge in [0.1, 0.15) is 11.6 Å². The van der Waals surface area contributed by atoms with Gasteiger partial charge in [-0.2, -0.15) is 82.9 Å². The quantitative estimate of drug-likeness (QED) is 0.0847. The van der Waals surface area contributed by atoms with Gasteiger partial charge < -0.3 is 28.7 Å². The molecule has 17 aromatic carbocycles. The van der Waals surface area contributed by atoms with Crippen LogP contribution in [0.5, 0.6) is 0 Å². The van der Waals surface area contributed by atoms with E-state index in [2.05, 4.69) is 266 Å². The number of benzene rings is 17. The Morgan fingerprint density at radius 2 is 0.593 bits per heavy atom. The third-order valence-corrected chi connectivity index (χ3v) is 29.2. The number of rotatable bonds is 17. The fourth-order valence-corrected chi connectivity index (χ4v) is 21.7. The fraction of sp³-hybridized carbons (Fsp3) is 0.186. The van der Waals surface area contributed by atoms with Crippen LogP contribution in [0.4, 0.5) is 45.5 Å². The zero-order valence-corrected chi connectivity index (χ0v) is 92.2. The van der Waals surface area contributed by atoms with Crippen LogP contribution in [0, 0.1) is 93.0 Å². The summed E-state index contributed by atoms with van der Waals surface area (Å²) in [5, 5.41) is 4.19. The summed E-state index contributed by atoms with van der Waals surface area (Å²) in [5.74, 6) is 1.56. The summed E-state index contributed by atoms with van der Waals surface area (Å²) in [4.78, 5) is 17.4. The maximum atomic E-state index is 9.65. The molecule has 0 spiro atoms. The molecule has 2 aliphatic rings. The van der Waals surface area contributed by atoms with E-state index in [0.717, 1.165) is 144 Å². The molecule has 0 amide bonds. The molecule has 0 saturated heterocycles. The Morgan fingerprint density at radius 3 is 0.947 bits per heavy atom. The van der Waals surface area contributed by atoms with Crippen molar-refractivity contribution >= 4 is 89.1 Å². The van der Waals surface area contributed by atoms with Crippen LogP contribution in [0.3, 0.4) is 0 Å². The summed E-state index contributed by atoms with van der Waals surface area (Å²) >= 11 is 0. The molecular formula is C140H126N8Pt2-6. The zero-order valence-electron chi connectivity index (χ0n) is 113. The van der Waals surface area contributed by atoms with E-state index in [1.54, 1.807) is 31.5 Å². The van der Waals surface area contributed by atoms with E-state index < -0.39 is 167 Å². The molecule has 0 fully saturated rings.